The van der Waals surface area contributed by atoms with Gasteiger partial charge in [-0.15, -0.1) is 0 Å². The molecule has 17 heavy (non-hydrogen) atoms. The molecule has 0 N–H and O–H groups in total. The summed E-state index contributed by atoms with van der Waals surface area (Å²) in [6, 6.07) is 7.25. The molecule has 1 aromatic heterocycles. The van der Waals surface area contributed by atoms with Crippen molar-refractivity contribution in [3.63, 3.8) is 0 Å². The molecule has 0 fully saturated rings. The Hall–Kier alpha value is -2.10. The molecule has 0 aliphatic rings. The van der Waals surface area contributed by atoms with Crippen LogP contribution in [0, 0.1) is 0 Å². The summed E-state index contributed by atoms with van der Waals surface area (Å²) in [4.78, 5) is 11.9. The van der Waals surface area contributed by atoms with Gasteiger partial charge in [0.25, 0.3) is 0 Å². The molecular weight excluding hydrogens is 216 g/mol. The van der Waals surface area contributed by atoms with Gasteiger partial charge in [0, 0.05) is 24.4 Å². The number of Topliss-reactive ketones (excluding diaryl/α,β-unsaturated/α-hetero) is 1. The van der Waals surface area contributed by atoms with Gasteiger partial charge in [-0.1, -0.05) is 13.0 Å². The molecule has 4 nitrogen and oxygen atoms in total. The van der Waals surface area contributed by atoms with Crippen molar-refractivity contribution in [3.8, 4) is 11.4 Å². The van der Waals surface area contributed by atoms with Crippen molar-refractivity contribution in [1.82, 2.24) is 9.78 Å². The lowest BCUT2D eigenvalue weighted by atomic mass is 10.1. The first-order chi connectivity index (χ1) is 8.27. The normalized spacial score (nSPS) is 10.2. The van der Waals surface area contributed by atoms with Gasteiger partial charge in [-0.2, -0.15) is 5.10 Å². The molecule has 2 aromatic rings. The van der Waals surface area contributed by atoms with Crippen LogP contribution >= 0.6 is 0 Å². The summed E-state index contributed by atoms with van der Waals surface area (Å²) in [6.45, 7) is 1.84. The van der Waals surface area contributed by atoms with Gasteiger partial charge >= 0.3 is 0 Å². The smallest absolute Gasteiger partial charge is 0.164 e. The highest BCUT2D eigenvalue weighted by molar-refractivity contribution is 6.00. The maximum Gasteiger partial charge on any atom is 0.164 e. The van der Waals surface area contributed by atoms with Crippen molar-refractivity contribution in [2.75, 3.05) is 7.11 Å². The second kappa shape index (κ2) is 4.82. The number of rotatable bonds is 4. The Kier molecular flexibility index (Phi) is 3.23. The Bertz CT molecular complexity index is 518. The van der Waals surface area contributed by atoms with Crippen molar-refractivity contribution < 1.29 is 9.53 Å². The molecule has 0 atom stereocenters. The highest BCUT2D eigenvalue weighted by Gasteiger charge is 2.15. The number of hydrogen-bond donors (Lipinski definition) is 0. The van der Waals surface area contributed by atoms with E-state index in [9.17, 15) is 4.79 Å². The fourth-order valence-electron chi connectivity index (χ4n) is 1.74. The Morgan fingerprint density at radius 2 is 2.24 bits per heavy atom. The van der Waals surface area contributed by atoms with Crippen molar-refractivity contribution in [1.29, 1.82) is 0 Å². The van der Waals surface area contributed by atoms with E-state index in [1.165, 1.54) is 0 Å². The summed E-state index contributed by atoms with van der Waals surface area (Å²) in [6.07, 6.45) is 3.93. The second-order valence-corrected chi connectivity index (χ2v) is 3.58. The number of methoxy groups -OCH3 is 1. The molecule has 2 rings (SSSR count). The number of ether oxygens (including phenoxy) is 1. The van der Waals surface area contributed by atoms with E-state index in [1.807, 2.05) is 25.1 Å². The number of benzene rings is 1. The average Bonchev–Trinajstić information content (AvgIpc) is 2.90. The molecule has 0 unspecified atom stereocenters. The molecule has 0 aliphatic heterocycles. The Morgan fingerprint density at radius 1 is 1.41 bits per heavy atom. The average molecular weight is 230 g/mol. The molecule has 1 aromatic carbocycles. The lowest BCUT2D eigenvalue weighted by molar-refractivity contribution is 0.0987. The van der Waals surface area contributed by atoms with E-state index < -0.39 is 0 Å². The molecule has 0 saturated heterocycles. The van der Waals surface area contributed by atoms with Crippen molar-refractivity contribution in [2.24, 2.45) is 0 Å². The monoisotopic (exact) mass is 230 g/mol. The largest absolute Gasteiger partial charge is 0.494 e. The number of aromatic nitrogens is 2. The predicted octanol–water partition coefficient (Wildman–Crippen LogP) is 2.47. The zero-order valence-electron chi connectivity index (χ0n) is 9.88. The molecule has 0 bridgehead atoms. The van der Waals surface area contributed by atoms with Crippen LogP contribution in [0.3, 0.4) is 0 Å². The minimum atomic E-state index is 0.0781. The van der Waals surface area contributed by atoms with Crippen LogP contribution < -0.4 is 4.74 Å². The van der Waals surface area contributed by atoms with Crippen LogP contribution in [0.15, 0.2) is 36.7 Å². The van der Waals surface area contributed by atoms with Crippen LogP contribution in [0.25, 0.3) is 5.69 Å². The van der Waals surface area contributed by atoms with Crippen LogP contribution in [-0.4, -0.2) is 22.7 Å². The summed E-state index contributed by atoms with van der Waals surface area (Å²) in [5, 5.41) is 4.16. The molecule has 0 saturated carbocycles. The minimum Gasteiger partial charge on any atom is -0.494 e. The lowest BCUT2D eigenvalue weighted by Gasteiger charge is -2.12. The van der Waals surface area contributed by atoms with Crippen LogP contribution in [0.4, 0.5) is 0 Å². The third kappa shape index (κ3) is 2.06. The molecule has 0 amide bonds. The Morgan fingerprint density at radius 3 is 2.82 bits per heavy atom. The topological polar surface area (TPSA) is 44.1 Å². The molecule has 0 aliphatic carbocycles. The Labute approximate surface area is 99.8 Å². The zero-order chi connectivity index (χ0) is 12.3. The van der Waals surface area contributed by atoms with Crippen LogP contribution in [0.2, 0.25) is 0 Å². The first kappa shape index (κ1) is 11.4. The Balaban J connectivity index is 2.64. The molecule has 1 heterocycles. The summed E-state index contributed by atoms with van der Waals surface area (Å²) in [5.41, 5.74) is 1.34. The third-order valence-electron chi connectivity index (χ3n) is 2.57. The quantitative estimate of drug-likeness (QED) is 0.758. The van der Waals surface area contributed by atoms with E-state index in [4.69, 9.17) is 4.74 Å². The van der Waals surface area contributed by atoms with Gasteiger partial charge in [0.2, 0.25) is 0 Å². The van der Waals surface area contributed by atoms with Crippen molar-refractivity contribution in [3.05, 3.63) is 42.2 Å². The summed E-state index contributed by atoms with van der Waals surface area (Å²) in [7, 11) is 1.59. The maximum atomic E-state index is 11.9. The number of para-hydroxylation sites is 1. The minimum absolute atomic E-state index is 0.0781. The van der Waals surface area contributed by atoms with E-state index >= 15 is 0 Å². The number of carbonyl (C=O) groups is 1. The van der Waals surface area contributed by atoms with Gasteiger partial charge in [-0.25, -0.2) is 4.68 Å². The number of hydrogen-bond acceptors (Lipinski definition) is 3. The van der Waals surface area contributed by atoms with Crippen LogP contribution in [0.1, 0.15) is 23.7 Å². The maximum absolute atomic E-state index is 11.9. The standard InChI is InChI=1S/C13H14N2O2/c1-3-11(16)10-6-4-7-12(17-2)13(10)15-9-5-8-14-15/h4-9H,3H2,1-2H3. The fourth-order valence-corrected chi connectivity index (χ4v) is 1.74. The SMILES string of the molecule is CCC(=O)c1cccc(OC)c1-n1cccn1. The fraction of sp³-hybridized carbons (Fsp3) is 0.231. The van der Waals surface area contributed by atoms with E-state index in [1.54, 1.807) is 30.3 Å². The molecular formula is C13H14N2O2. The number of nitrogens with zero attached hydrogens (tertiary/aromatic N) is 2. The van der Waals surface area contributed by atoms with Crippen molar-refractivity contribution >= 4 is 5.78 Å². The number of carbonyl (C=O) groups excluding carboxylic acids is 1. The summed E-state index contributed by atoms with van der Waals surface area (Å²) >= 11 is 0. The third-order valence-corrected chi connectivity index (χ3v) is 2.57. The van der Waals surface area contributed by atoms with E-state index in [-0.39, 0.29) is 5.78 Å². The second-order valence-electron chi connectivity index (χ2n) is 3.58. The highest BCUT2D eigenvalue weighted by atomic mass is 16.5. The van der Waals surface area contributed by atoms with Gasteiger partial charge in [0.05, 0.1) is 7.11 Å². The van der Waals surface area contributed by atoms with Gasteiger partial charge in [0.1, 0.15) is 11.4 Å². The molecule has 4 heteroatoms. The first-order valence-electron chi connectivity index (χ1n) is 5.48. The predicted molar refractivity (Wildman–Crippen MR) is 64.7 cm³/mol. The van der Waals surface area contributed by atoms with Gasteiger partial charge < -0.3 is 4.74 Å². The molecule has 0 spiro atoms. The summed E-state index contributed by atoms with van der Waals surface area (Å²) < 4.78 is 6.95. The first-order valence-corrected chi connectivity index (χ1v) is 5.48. The van der Waals surface area contributed by atoms with Gasteiger partial charge in [-0.3, -0.25) is 4.79 Å². The van der Waals surface area contributed by atoms with Crippen molar-refractivity contribution in [2.45, 2.75) is 13.3 Å². The lowest BCUT2D eigenvalue weighted by Crippen LogP contribution is -2.07. The van der Waals surface area contributed by atoms with Crippen LogP contribution in [-0.2, 0) is 0 Å². The summed E-state index contributed by atoms with van der Waals surface area (Å²) in [5.74, 6) is 0.724. The van der Waals surface area contributed by atoms with E-state index in [2.05, 4.69) is 5.10 Å². The number of ketones is 1. The van der Waals surface area contributed by atoms with Gasteiger partial charge in [0.15, 0.2) is 5.78 Å². The highest BCUT2D eigenvalue weighted by Crippen LogP contribution is 2.26. The van der Waals surface area contributed by atoms with Crippen LogP contribution in [0.5, 0.6) is 5.75 Å². The van der Waals surface area contributed by atoms with E-state index in [0.717, 1.165) is 0 Å². The molecule has 0 radical (unpaired) electrons. The zero-order valence-corrected chi connectivity index (χ0v) is 9.88. The van der Waals surface area contributed by atoms with E-state index in [0.29, 0.717) is 23.4 Å². The van der Waals surface area contributed by atoms with Gasteiger partial charge in [-0.05, 0) is 18.2 Å². The molecule has 88 valence electrons.